The lowest BCUT2D eigenvalue weighted by molar-refractivity contribution is 0.104. The second-order valence-electron chi connectivity index (χ2n) is 2.91. The highest BCUT2D eigenvalue weighted by molar-refractivity contribution is 7.88. The van der Waals surface area contributed by atoms with Gasteiger partial charge in [0.2, 0.25) is 10.0 Å². The average molecular weight is 207 g/mol. The second kappa shape index (κ2) is 3.51. The summed E-state index contributed by atoms with van der Waals surface area (Å²) in [4.78, 5) is 11.5. The fourth-order valence-electron chi connectivity index (χ4n) is 1.20. The molecule has 0 bridgehead atoms. The Hall–Kier alpha value is -0.820. The Morgan fingerprint density at radius 1 is 1.15 bits per heavy atom. The molecule has 0 aliphatic carbocycles. The van der Waals surface area contributed by atoms with Gasteiger partial charge in [0.25, 0.3) is 0 Å². The molecule has 0 aromatic carbocycles. The molecule has 1 fully saturated rings. The highest BCUT2D eigenvalue weighted by Gasteiger charge is 2.26. The summed E-state index contributed by atoms with van der Waals surface area (Å²) in [6, 6.07) is 0. The van der Waals surface area contributed by atoms with Gasteiger partial charge in [-0.15, -0.1) is 0 Å². The molecule has 1 aliphatic heterocycles. The maximum Gasteiger partial charge on any atom is 0.453 e. The number of hydrogen-bond donors (Lipinski definition) is 0. The van der Waals surface area contributed by atoms with Gasteiger partial charge in [-0.1, -0.05) is 0 Å². The van der Waals surface area contributed by atoms with E-state index in [1.165, 1.54) is 4.31 Å². The molecule has 1 radical (unpaired) electrons. The minimum Gasteiger partial charge on any atom is -0.303 e. The van der Waals surface area contributed by atoms with Crippen molar-refractivity contribution in [1.82, 2.24) is 9.21 Å². The zero-order chi connectivity index (χ0) is 10.1. The lowest BCUT2D eigenvalue weighted by Gasteiger charge is -2.30. The molecular weight excluding hydrogens is 196 g/mol. The summed E-state index contributed by atoms with van der Waals surface area (Å²) in [6.07, 6.45) is -0.130. The predicted molar refractivity (Wildman–Crippen MR) is 44.1 cm³/mol. The molecular formula is C6H11N2O4S. The third-order valence-electron chi connectivity index (χ3n) is 1.97. The Kier molecular flexibility index (Phi) is 2.77. The molecule has 13 heavy (non-hydrogen) atoms. The van der Waals surface area contributed by atoms with Gasteiger partial charge in [0.05, 0.1) is 6.26 Å². The number of hydrogen-bond acceptors (Lipinski definition) is 3. The molecule has 7 heteroatoms. The van der Waals surface area contributed by atoms with Crippen molar-refractivity contribution in [3.05, 3.63) is 0 Å². The molecule has 0 saturated carbocycles. The van der Waals surface area contributed by atoms with E-state index in [1.54, 1.807) is 0 Å². The maximum absolute atomic E-state index is 11.0. The minimum absolute atomic E-state index is 0.190. The summed E-state index contributed by atoms with van der Waals surface area (Å²) in [5.74, 6) is 0. The van der Waals surface area contributed by atoms with Gasteiger partial charge in [0, 0.05) is 26.2 Å². The van der Waals surface area contributed by atoms with Gasteiger partial charge in [-0.3, -0.25) is 0 Å². The summed E-state index contributed by atoms with van der Waals surface area (Å²) in [6.45, 7) is 0.810. The molecule has 1 heterocycles. The third kappa shape index (κ3) is 2.56. The van der Waals surface area contributed by atoms with Crippen LogP contribution in [0.2, 0.25) is 0 Å². The van der Waals surface area contributed by atoms with Crippen LogP contribution in [0, 0.1) is 0 Å². The van der Waals surface area contributed by atoms with Crippen LogP contribution in [0.5, 0.6) is 0 Å². The van der Waals surface area contributed by atoms with E-state index >= 15 is 0 Å². The van der Waals surface area contributed by atoms with Crippen LogP contribution in [0.25, 0.3) is 0 Å². The number of rotatable bonds is 1. The summed E-state index contributed by atoms with van der Waals surface area (Å²) >= 11 is 0. The van der Waals surface area contributed by atoms with Crippen LogP contribution in [0.1, 0.15) is 0 Å². The number of piperazine rings is 1. The van der Waals surface area contributed by atoms with Gasteiger partial charge in [0.15, 0.2) is 0 Å². The highest BCUT2D eigenvalue weighted by Crippen LogP contribution is 2.05. The fourth-order valence-corrected chi connectivity index (χ4v) is 2.03. The monoisotopic (exact) mass is 207 g/mol. The van der Waals surface area contributed by atoms with Crippen LogP contribution < -0.4 is 0 Å². The van der Waals surface area contributed by atoms with E-state index in [4.69, 9.17) is 0 Å². The standard InChI is InChI=1S/C6H11N2O4S/c1-13(11,12)8-4-2-7(3-5-8)6(9)10/h2-5H2,1H3. The lowest BCUT2D eigenvalue weighted by Crippen LogP contribution is -2.49. The zero-order valence-corrected chi connectivity index (χ0v) is 8.08. The number of carbonyl (C=O) groups is 1. The summed E-state index contributed by atoms with van der Waals surface area (Å²) in [7, 11) is -3.18. The first-order valence-electron chi connectivity index (χ1n) is 3.82. The van der Waals surface area contributed by atoms with Crippen molar-refractivity contribution < 1.29 is 18.3 Å². The molecule has 1 saturated heterocycles. The molecule has 0 N–H and O–H groups in total. The van der Waals surface area contributed by atoms with Crippen LogP contribution in [0.4, 0.5) is 4.79 Å². The molecule has 75 valence electrons. The molecule has 0 atom stereocenters. The maximum atomic E-state index is 11.0. The average Bonchev–Trinajstić information content (AvgIpc) is 2.03. The fraction of sp³-hybridized carbons (Fsp3) is 0.833. The smallest absolute Gasteiger partial charge is 0.303 e. The van der Waals surface area contributed by atoms with Crippen molar-refractivity contribution in [2.24, 2.45) is 0 Å². The van der Waals surface area contributed by atoms with Gasteiger partial charge in [-0.05, 0) is 0 Å². The van der Waals surface area contributed by atoms with E-state index < -0.39 is 16.1 Å². The normalized spacial score (nSPS) is 20.2. The topological polar surface area (TPSA) is 77.6 Å². The molecule has 0 aromatic rings. The van der Waals surface area contributed by atoms with Crippen LogP contribution in [0.3, 0.4) is 0 Å². The number of sulfonamides is 1. The van der Waals surface area contributed by atoms with Gasteiger partial charge in [-0.2, -0.15) is 4.31 Å². The summed E-state index contributed by atoms with van der Waals surface area (Å²) in [5.41, 5.74) is 0. The SMILES string of the molecule is CS(=O)(=O)N1CCN(C([O])=O)CC1. The van der Waals surface area contributed by atoms with Crippen LogP contribution in [0.15, 0.2) is 0 Å². The Balaban J connectivity index is 2.53. The highest BCUT2D eigenvalue weighted by atomic mass is 32.2. The van der Waals surface area contributed by atoms with Crippen molar-refractivity contribution in [2.75, 3.05) is 32.4 Å². The van der Waals surface area contributed by atoms with Crippen LogP contribution in [-0.2, 0) is 15.1 Å². The number of nitrogens with zero attached hydrogens (tertiary/aromatic N) is 2. The van der Waals surface area contributed by atoms with Crippen molar-refractivity contribution in [3.63, 3.8) is 0 Å². The first-order chi connectivity index (χ1) is 5.91. The van der Waals surface area contributed by atoms with Gasteiger partial charge < -0.3 is 4.90 Å². The molecule has 1 aliphatic rings. The summed E-state index contributed by atoms with van der Waals surface area (Å²) in [5, 5.41) is 10.4. The first kappa shape index (κ1) is 10.3. The Bertz CT molecular complexity index is 292. The Morgan fingerprint density at radius 2 is 1.62 bits per heavy atom. The zero-order valence-electron chi connectivity index (χ0n) is 7.26. The van der Waals surface area contributed by atoms with E-state index in [-0.39, 0.29) is 26.2 Å². The molecule has 0 spiro atoms. The van der Waals surface area contributed by atoms with E-state index in [1.807, 2.05) is 0 Å². The number of carbonyl (C=O) groups excluding carboxylic acids is 1. The van der Waals surface area contributed by atoms with Crippen LogP contribution in [-0.4, -0.2) is 56.2 Å². The number of amides is 1. The predicted octanol–water partition coefficient (Wildman–Crippen LogP) is -0.886. The second-order valence-corrected chi connectivity index (χ2v) is 4.90. The van der Waals surface area contributed by atoms with Crippen molar-refractivity contribution >= 4 is 16.1 Å². The molecule has 0 unspecified atom stereocenters. The largest absolute Gasteiger partial charge is 0.453 e. The van der Waals surface area contributed by atoms with E-state index in [9.17, 15) is 18.3 Å². The van der Waals surface area contributed by atoms with Gasteiger partial charge >= 0.3 is 6.09 Å². The van der Waals surface area contributed by atoms with E-state index in [0.717, 1.165) is 11.2 Å². The van der Waals surface area contributed by atoms with Crippen molar-refractivity contribution in [2.45, 2.75) is 0 Å². The molecule has 1 amide bonds. The van der Waals surface area contributed by atoms with Gasteiger partial charge in [0.1, 0.15) is 0 Å². The van der Waals surface area contributed by atoms with Crippen molar-refractivity contribution in [3.8, 4) is 0 Å². The minimum atomic E-state index is -3.18. The van der Waals surface area contributed by atoms with Crippen LogP contribution >= 0.6 is 0 Å². The Labute approximate surface area is 76.8 Å². The molecule has 0 aromatic heterocycles. The summed E-state index contributed by atoms with van der Waals surface area (Å²) < 4.78 is 23.3. The quantitative estimate of drug-likeness (QED) is 0.560. The molecule has 6 nitrogen and oxygen atoms in total. The van der Waals surface area contributed by atoms with E-state index in [2.05, 4.69) is 0 Å². The lowest BCUT2D eigenvalue weighted by atomic mass is 10.4. The van der Waals surface area contributed by atoms with Gasteiger partial charge in [-0.25, -0.2) is 18.3 Å². The third-order valence-corrected chi connectivity index (χ3v) is 3.27. The van der Waals surface area contributed by atoms with Crippen molar-refractivity contribution in [1.29, 1.82) is 0 Å². The molecule has 1 rings (SSSR count). The van der Waals surface area contributed by atoms with E-state index in [0.29, 0.717) is 0 Å². The first-order valence-corrected chi connectivity index (χ1v) is 5.67. The Morgan fingerprint density at radius 3 is 1.92 bits per heavy atom.